The smallest absolute Gasteiger partial charge is 0.315 e. The number of aromatic nitrogens is 1. The highest BCUT2D eigenvalue weighted by atomic mass is 32.2. The van der Waals surface area contributed by atoms with Crippen molar-refractivity contribution < 1.29 is 22.4 Å². The minimum atomic E-state index is -4.26. The van der Waals surface area contributed by atoms with Gasteiger partial charge in [0.25, 0.3) is 0 Å². The molecule has 0 fully saturated rings. The van der Waals surface area contributed by atoms with Gasteiger partial charge in [-0.2, -0.15) is 8.78 Å². The Morgan fingerprint density at radius 1 is 1.42 bits per heavy atom. The van der Waals surface area contributed by atoms with Gasteiger partial charge in [-0.3, -0.25) is 9.88 Å². The van der Waals surface area contributed by atoms with E-state index in [4.69, 9.17) is 0 Å². The molecule has 0 aromatic carbocycles. The Kier molecular flexibility index (Phi) is 5.74. The molecule has 1 atom stereocenters. The molecule has 1 aromatic heterocycles. The summed E-state index contributed by atoms with van der Waals surface area (Å²) in [6.45, 7) is 0.608. The van der Waals surface area contributed by atoms with E-state index in [-0.39, 0.29) is 0 Å². The second kappa shape index (κ2) is 7.42. The number of carbonyl (C=O) groups is 1. The van der Waals surface area contributed by atoms with Crippen LogP contribution in [0.5, 0.6) is 0 Å². The standard InChI is InChI=1S/C15H17F4N3OS/c1-3-24-11-5-4-7-20-12(11)10-6-8-22(14(23)21(10)2)9-15(18,19)13(16)17/h4-8,10,13H,3,9H2,1-2H3. The number of hydrogen-bond donors (Lipinski definition) is 0. The fourth-order valence-electron chi connectivity index (χ4n) is 2.29. The van der Waals surface area contributed by atoms with Crippen LogP contribution < -0.4 is 0 Å². The Morgan fingerprint density at radius 3 is 2.75 bits per heavy atom. The molecule has 0 saturated heterocycles. The number of alkyl halides is 4. The summed E-state index contributed by atoms with van der Waals surface area (Å²) in [7, 11) is 1.43. The molecule has 4 nitrogen and oxygen atoms in total. The van der Waals surface area contributed by atoms with Crippen molar-refractivity contribution in [3.8, 4) is 0 Å². The molecule has 2 rings (SSSR count). The summed E-state index contributed by atoms with van der Waals surface area (Å²) in [5, 5.41) is 0. The molecule has 0 aliphatic carbocycles. The average Bonchev–Trinajstić information content (AvgIpc) is 2.53. The molecule has 9 heteroatoms. The van der Waals surface area contributed by atoms with E-state index in [1.165, 1.54) is 18.0 Å². The molecular weight excluding hydrogens is 346 g/mol. The predicted octanol–water partition coefficient (Wildman–Crippen LogP) is 4.02. The molecule has 0 radical (unpaired) electrons. The topological polar surface area (TPSA) is 36.4 Å². The largest absolute Gasteiger partial charge is 0.325 e. The molecule has 24 heavy (non-hydrogen) atoms. The lowest BCUT2D eigenvalue weighted by atomic mass is 10.1. The van der Waals surface area contributed by atoms with E-state index in [9.17, 15) is 22.4 Å². The van der Waals surface area contributed by atoms with E-state index in [0.29, 0.717) is 10.6 Å². The minimum absolute atomic E-state index is 0.538. The number of likely N-dealkylation sites (N-methyl/N-ethyl adjacent to an activating group) is 1. The van der Waals surface area contributed by atoms with Crippen LogP contribution >= 0.6 is 11.8 Å². The van der Waals surface area contributed by atoms with E-state index in [0.717, 1.165) is 16.8 Å². The van der Waals surface area contributed by atoms with E-state index >= 15 is 0 Å². The highest BCUT2D eigenvalue weighted by Crippen LogP contribution is 2.33. The minimum Gasteiger partial charge on any atom is -0.315 e. The van der Waals surface area contributed by atoms with Crippen molar-refractivity contribution in [2.45, 2.75) is 30.2 Å². The van der Waals surface area contributed by atoms with Crippen molar-refractivity contribution in [1.29, 1.82) is 0 Å². The van der Waals surface area contributed by atoms with Crippen LogP contribution in [-0.2, 0) is 0 Å². The highest BCUT2D eigenvalue weighted by molar-refractivity contribution is 7.99. The van der Waals surface area contributed by atoms with Gasteiger partial charge < -0.3 is 4.90 Å². The average molecular weight is 363 g/mol. The highest BCUT2D eigenvalue weighted by Gasteiger charge is 2.44. The van der Waals surface area contributed by atoms with Crippen LogP contribution in [0.4, 0.5) is 22.4 Å². The molecule has 132 valence electrons. The van der Waals surface area contributed by atoms with Crippen molar-refractivity contribution in [2.24, 2.45) is 0 Å². The Bertz CT molecular complexity index is 626. The van der Waals surface area contributed by atoms with Gasteiger partial charge in [0.05, 0.1) is 18.3 Å². The van der Waals surface area contributed by atoms with E-state index in [2.05, 4.69) is 4.98 Å². The molecule has 1 unspecified atom stereocenters. The van der Waals surface area contributed by atoms with Crippen LogP contribution in [0.3, 0.4) is 0 Å². The van der Waals surface area contributed by atoms with Crippen LogP contribution in [0.2, 0.25) is 0 Å². The van der Waals surface area contributed by atoms with Gasteiger partial charge in [-0.15, -0.1) is 11.8 Å². The molecule has 1 aromatic rings. The first-order chi connectivity index (χ1) is 11.3. The van der Waals surface area contributed by atoms with Gasteiger partial charge in [-0.05, 0) is 24.0 Å². The zero-order chi connectivity index (χ0) is 17.9. The van der Waals surface area contributed by atoms with Gasteiger partial charge in [0.1, 0.15) is 0 Å². The number of carbonyl (C=O) groups excluding carboxylic acids is 1. The van der Waals surface area contributed by atoms with E-state index in [1.54, 1.807) is 24.0 Å². The first-order valence-corrected chi connectivity index (χ1v) is 8.22. The predicted molar refractivity (Wildman–Crippen MR) is 83.3 cm³/mol. The van der Waals surface area contributed by atoms with Crippen molar-refractivity contribution in [3.63, 3.8) is 0 Å². The molecule has 1 aliphatic heterocycles. The van der Waals surface area contributed by atoms with E-state index < -0.39 is 31.0 Å². The lowest BCUT2D eigenvalue weighted by molar-refractivity contribution is -0.134. The maximum atomic E-state index is 13.2. The van der Waals surface area contributed by atoms with Crippen molar-refractivity contribution >= 4 is 17.8 Å². The van der Waals surface area contributed by atoms with Gasteiger partial charge in [-0.25, -0.2) is 13.6 Å². The number of urea groups is 1. The zero-order valence-corrected chi connectivity index (χ0v) is 13.9. The van der Waals surface area contributed by atoms with Gasteiger partial charge in [0.15, 0.2) is 0 Å². The maximum absolute atomic E-state index is 13.2. The number of amides is 2. The Morgan fingerprint density at radius 2 is 2.12 bits per heavy atom. The number of thioether (sulfide) groups is 1. The van der Waals surface area contributed by atoms with Crippen LogP contribution in [0.15, 0.2) is 35.5 Å². The van der Waals surface area contributed by atoms with Gasteiger partial charge in [-0.1, -0.05) is 6.92 Å². The molecular formula is C15H17F4N3OS. The maximum Gasteiger partial charge on any atom is 0.325 e. The fraction of sp³-hybridized carbons (Fsp3) is 0.467. The monoisotopic (exact) mass is 363 g/mol. The molecule has 2 amide bonds. The van der Waals surface area contributed by atoms with Crippen LogP contribution in [-0.4, -0.2) is 52.5 Å². The lowest BCUT2D eigenvalue weighted by Crippen LogP contribution is -2.49. The van der Waals surface area contributed by atoms with Gasteiger partial charge >= 0.3 is 18.4 Å². The van der Waals surface area contributed by atoms with Gasteiger partial charge in [0, 0.05) is 24.3 Å². The third kappa shape index (κ3) is 3.82. The number of halogens is 4. The molecule has 0 N–H and O–H groups in total. The lowest BCUT2D eigenvalue weighted by Gasteiger charge is -2.36. The molecule has 2 heterocycles. The number of rotatable bonds is 6. The second-order valence-corrected chi connectivity index (χ2v) is 6.50. The quantitative estimate of drug-likeness (QED) is 0.566. The van der Waals surface area contributed by atoms with Crippen molar-refractivity contribution in [1.82, 2.24) is 14.8 Å². The number of pyridine rings is 1. The van der Waals surface area contributed by atoms with Crippen molar-refractivity contribution in [3.05, 3.63) is 36.3 Å². The van der Waals surface area contributed by atoms with Gasteiger partial charge in [0.2, 0.25) is 0 Å². The third-order valence-corrected chi connectivity index (χ3v) is 4.44. The first-order valence-electron chi connectivity index (χ1n) is 7.23. The Hall–Kier alpha value is -1.77. The molecule has 0 spiro atoms. The number of hydrogen-bond acceptors (Lipinski definition) is 3. The Balaban J connectivity index is 2.26. The summed E-state index contributed by atoms with van der Waals surface area (Å²) in [5.41, 5.74) is 0.622. The summed E-state index contributed by atoms with van der Waals surface area (Å²) in [6.07, 6.45) is 0.382. The van der Waals surface area contributed by atoms with Crippen molar-refractivity contribution in [2.75, 3.05) is 19.3 Å². The number of nitrogens with zero attached hydrogens (tertiary/aromatic N) is 3. The second-order valence-electron chi connectivity index (χ2n) is 5.19. The molecule has 1 aliphatic rings. The molecule has 0 saturated carbocycles. The fourth-order valence-corrected chi connectivity index (χ4v) is 3.10. The SMILES string of the molecule is CCSc1cccnc1C1C=CN(CC(F)(F)C(F)F)C(=O)N1C. The summed E-state index contributed by atoms with van der Waals surface area (Å²) < 4.78 is 51.1. The van der Waals surface area contributed by atoms with E-state index in [1.807, 2.05) is 13.0 Å². The first kappa shape index (κ1) is 18.6. The zero-order valence-electron chi connectivity index (χ0n) is 13.1. The molecule has 0 bridgehead atoms. The van der Waals surface area contributed by atoms with Crippen LogP contribution in [0.25, 0.3) is 0 Å². The van der Waals surface area contributed by atoms with Crippen LogP contribution in [0, 0.1) is 0 Å². The summed E-state index contributed by atoms with van der Waals surface area (Å²) in [5.74, 6) is -3.46. The normalized spacial score (nSPS) is 18.6. The summed E-state index contributed by atoms with van der Waals surface area (Å²) in [4.78, 5) is 19.2. The van der Waals surface area contributed by atoms with Crippen LogP contribution in [0.1, 0.15) is 18.7 Å². The third-order valence-electron chi connectivity index (χ3n) is 3.49. The summed E-state index contributed by atoms with van der Waals surface area (Å²) in [6, 6.07) is 2.32. The summed E-state index contributed by atoms with van der Waals surface area (Å²) >= 11 is 1.55. The Labute approximate surface area is 141 Å².